The third-order valence-corrected chi connectivity index (χ3v) is 7.00. The van der Waals surface area contributed by atoms with Crippen molar-refractivity contribution in [2.24, 2.45) is 5.14 Å². The normalized spacial score (nSPS) is 12.4. The van der Waals surface area contributed by atoms with Crippen molar-refractivity contribution in [3.8, 4) is 0 Å². The van der Waals surface area contributed by atoms with E-state index in [2.05, 4.69) is 0 Å². The molecule has 0 radical (unpaired) electrons. The molecule has 0 aliphatic heterocycles. The van der Waals surface area contributed by atoms with Crippen LogP contribution < -0.4 is 5.14 Å². The van der Waals surface area contributed by atoms with Crippen LogP contribution in [-0.4, -0.2) is 40.9 Å². The summed E-state index contributed by atoms with van der Waals surface area (Å²) in [4.78, 5) is -0.155. The van der Waals surface area contributed by atoms with Gasteiger partial charge in [-0.2, -0.15) is 4.31 Å². The van der Waals surface area contributed by atoms with E-state index in [1.54, 1.807) is 24.3 Å². The van der Waals surface area contributed by atoms with Crippen LogP contribution in [0.15, 0.2) is 58.3 Å². The highest BCUT2D eigenvalue weighted by atomic mass is 35.5. The van der Waals surface area contributed by atoms with Gasteiger partial charge in [0, 0.05) is 31.3 Å². The Morgan fingerprint density at radius 1 is 0.964 bits per heavy atom. The van der Waals surface area contributed by atoms with Gasteiger partial charge in [-0.25, -0.2) is 22.0 Å². The van der Waals surface area contributed by atoms with Gasteiger partial charge in [0.2, 0.25) is 20.0 Å². The number of primary sulfonamides is 1. The fourth-order valence-electron chi connectivity index (χ4n) is 2.52. The predicted octanol–water partition coefficient (Wildman–Crippen LogP) is 2.60. The van der Waals surface area contributed by atoms with Gasteiger partial charge in [0.25, 0.3) is 0 Å². The second-order valence-corrected chi connectivity index (χ2v) is 9.97. The van der Waals surface area contributed by atoms with E-state index in [-0.39, 0.29) is 22.9 Å². The minimum Gasteiger partial charge on any atom is -0.382 e. The Hall–Kier alpha value is -1.49. The number of nitrogens with two attached hydrogens (primary N) is 1. The molecule has 2 rings (SSSR count). The first kappa shape index (κ1) is 22.8. The first-order valence-electron chi connectivity index (χ1n) is 8.60. The minimum atomic E-state index is -3.90. The molecule has 0 atom stereocenters. The zero-order chi connectivity index (χ0) is 20.8. The molecule has 0 unspecified atom stereocenters. The molecular weight excluding hydrogens is 424 g/mol. The summed E-state index contributed by atoms with van der Waals surface area (Å²) < 4.78 is 55.6. The molecule has 0 amide bonds. The van der Waals surface area contributed by atoms with E-state index in [9.17, 15) is 16.8 Å². The summed E-state index contributed by atoms with van der Waals surface area (Å²) in [7, 11) is -7.75. The van der Waals surface area contributed by atoms with Crippen LogP contribution in [0.3, 0.4) is 0 Å². The summed E-state index contributed by atoms with van der Waals surface area (Å²) in [5.41, 5.74) is 0.783. The lowest BCUT2D eigenvalue weighted by atomic mass is 10.2. The van der Waals surface area contributed by atoms with Gasteiger partial charge in [-0.05, 0) is 55.3 Å². The molecule has 28 heavy (non-hydrogen) atoms. The van der Waals surface area contributed by atoms with Crippen molar-refractivity contribution in [2.75, 3.05) is 19.8 Å². The molecule has 0 heterocycles. The first-order valence-corrected chi connectivity index (χ1v) is 12.0. The smallest absolute Gasteiger partial charge is 0.243 e. The SMILES string of the molecule is CCOCCCN(Cc1ccc(Cl)cc1)S(=O)(=O)c1ccc(S(N)(=O)=O)cc1. The van der Waals surface area contributed by atoms with Crippen LogP contribution in [-0.2, 0) is 31.3 Å². The van der Waals surface area contributed by atoms with Gasteiger partial charge in [0.05, 0.1) is 9.79 Å². The van der Waals surface area contributed by atoms with Gasteiger partial charge >= 0.3 is 0 Å². The summed E-state index contributed by atoms with van der Waals surface area (Å²) in [6, 6.07) is 11.8. The van der Waals surface area contributed by atoms with E-state index in [0.29, 0.717) is 24.7 Å². The van der Waals surface area contributed by atoms with Crippen LogP contribution >= 0.6 is 11.6 Å². The molecule has 7 nitrogen and oxygen atoms in total. The lowest BCUT2D eigenvalue weighted by Gasteiger charge is -2.22. The Morgan fingerprint density at radius 2 is 1.54 bits per heavy atom. The van der Waals surface area contributed by atoms with Gasteiger partial charge in [-0.15, -0.1) is 0 Å². The molecule has 0 aliphatic carbocycles. The zero-order valence-corrected chi connectivity index (χ0v) is 17.8. The van der Waals surface area contributed by atoms with Crippen LogP contribution in [0, 0.1) is 0 Å². The molecule has 154 valence electrons. The topological polar surface area (TPSA) is 107 Å². The van der Waals surface area contributed by atoms with Crippen molar-refractivity contribution >= 4 is 31.6 Å². The summed E-state index contributed by atoms with van der Waals surface area (Å²) >= 11 is 5.90. The maximum atomic E-state index is 13.1. The quantitative estimate of drug-likeness (QED) is 0.564. The summed E-state index contributed by atoms with van der Waals surface area (Å²) in [6.07, 6.45) is 0.524. The van der Waals surface area contributed by atoms with Crippen LogP contribution in [0.2, 0.25) is 5.02 Å². The Balaban J connectivity index is 2.29. The molecule has 0 fully saturated rings. The van der Waals surface area contributed by atoms with Gasteiger partial charge in [0.15, 0.2) is 0 Å². The van der Waals surface area contributed by atoms with Gasteiger partial charge in [-0.3, -0.25) is 0 Å². The minimum absolute atomic E-state index is 0.00901. The van der Waals surface area contributed by atoms with E-state index < -0.39 is 20.0 Å². The van der Waals surface area contributed by atoms with Crippen molar-refractivity contribution in [3.05, 3.63) is 59.1 Å². The Kier molecular flexibility index (Phi) is 7.99. The van der Waals surface area contributed by atoms with Crippen molar-refractivity contribution < 1.29 is 21.6 Å². The van der Waals surface area contributed by atoms with E-state index in [1.807, 2.05) is 6.92 Å². The molecule has 0 aliphatic rings. The van der Waals surface area contributed by atoms with Crippen molar-refractivity contribution in [2.45, 2.75) is 29.7 Å². The highest BCUT2D eigenvalue weighted by molar-refractivity contribution is 7.89. The lowest BCUT2D eigenvalue weighted by Crippen LogP contribution is -2.32. The lowest BCUT2D eigenvalue weighted by molar-refractivity contribution is 0.140. The summed E-state index contributed by atoms with van der Waals surface area (Å²) in [6.45, 7) is 3.27. The summed E-state index contributed by atoms with van der Waals surface area (Å²) in [5, 5.41) is 5.63. The second kappa shape index (κ2) is 9.82. The number of benzene rings is 2. The molecule has 0 spiro atoms. The van der Waals surface area contributed by atoms with E-state index in [1.165, 1.54) is 28.6 Å². The Morgan fingerprint density at radius 3 is 2.07 bits per heavy atom. The number of halogens is 1. The highest BCUT2D eigenvalue weighted by Gasteiger charge is 2.25. The highest BCUT2D eigenvalue weighted by Crippen LogP contribution is 2.21. The van der Waals surface area contributed by atoms with Gasteiger partial charge < -0.3 is 4.74 Å². The standard InChI is InChI=1S/C18H23ClN2O5S2/c1-2-26-13-3-12-21(14-15-4-6-16(19)7-5-15)28(24,25)18-10-8-17(9-11-18)27(20,22)23/h4-11H,2-3,12-14H2,1H3,(H2,20,22,23). The van der Waals surface area contributed by atoms with Crippen LogP contribution in [0.25, 0.3) is 0 Å². The molecule has 2 aromatic carbocycles. The van der Waals surface area contributed by atoms with Crippen LogP contribution in [0.4, 0.5) is 0 Å². The Labute approximate surface area is 171 Å². The van der Waals surface area contributed by atoms with Gasteiger partial charge in [-0.1, -0.05) is 23.7 Å². The van der Waals surface area contributed by atoms with E-state index in [4.69, 9.17) is 21.5 Å². The third-order valence-electron chi connectivity index (χ3n) is 3.96. The third kappa shape index (κ3) is 6.26. The van der Waals surface area contributed by atoms with E-state index in [0.717, 1.165) is 5.56 Å². The van der Waals surface area contributed by atoms with Crippen molar-refractivity contribution in [3.63, 3.8) is 0 Å². The monoisotopic (exact) mass is 446 g/mol. The fourth-order valence-corrected chi connectivity index (χ4v) is 4.62. The number of hydrogen-bond acceptors (Lipinski definition) is 5. The number of sulfonamides is 2. The number of rotatable bonds is 10. The Bertz CT molecular complexity index is 976. The van der Waals surface area contributed by atoms with Crippen molar-refractivity contribution in [1.29, 1.82) is 0 Å². The molecular formula is C18H23ClN2O5S2. The van der Waals surface area contributed by atoms with E-state index >= 15 is 0 Å². The van der Waals surface area contributed by atoms with Crippen LogP contribution in [0.1, 0.15) is 18.9 Å². The second-order valence-electron chi connectivity index (χ2n) is 6.03. The number of ether oxygens (including phenoxy) is 1. The average Bonchev–Trinajstić information content (AvgIpc) is 2.65. The van der Waals surface area contributed by atoms with Crippen LogP contribution in [0.5, 0.6) is 0 Å². The maximum Gasteiger partial charge on any atom is 0.243 e. The summed E-state index contributed by atoms with van der Waals surface area (Å²) in [5.74, 6) is 0. The predicted molar refractivity (Wildman–Crippen MR) is 108 cm³/mol. The fraction of sp³-hybridized carbons (Fsp3) is 0.333. The molecule has 2 N–H and O–H groups in total. The molecule has 0 aromatic heterocycles. The molecule has 0 saturated carbocycles. The molecule has 2 aromatic rings. The first-order chi connectivity index (χ1) is 13.1. The number of nitrogens with zero attached hydrogens (tertiary/aromatic N) is 1. The molecule has 0 saturated heterocycles. The van der Waals surface area contributed by atoms with Crippen molar-refractivity contribution in [1.82, 2.24) is 4.31 Å². The zero-order valence-electron chi connectivity index (χ0n) is 15.4. The molecule has 0 bridgehead atoms. The maximum absolute atomic E-state index is 13.1. The number of hydrogen-bond donors (Lipinski definition) is 1. The van der Waals surface area contributed by atoms with Gasteiger partial charge in [0.1, 0.15) is 0 Å². The largest absolute Gasteiger partial charge is 0.382 e. The average molecular weight is 447 g/mol. The molecule has 10 heteroatoms.